The fourth-order valence-corrected chi connectivity index (χ4v) is 3.04. The van der Waals surface area contributed by atoms with Crippen LogP contribution in [0, 0.1) is 6.92 Å². The van der Waals surface area contributed by atoms with Crippen molar-refractivity contribution < 1.29 is 0 Å². The van der Waals surface area contributed by atoms with Crippen LogP contribution in [0.1, 0.15) is 5.56 Å². The molecule has 0 bridgehead atoms. The molecule has 0 N–H and O–H groups in total. The van der Waals surface area contributed by atoms with E-state index >= 15 is 0 Å². The van der Waals surface area contributed by atoms with Crippen LogP contribution in [-0.2, 0) is 0 Å². The largest absolute Gasteiger partial charge is 0.248 e. The zero-order valence-corrected chi connectivity index (χ0v) is 14.2. The summed E-state index contributed by atoms with van der Waals surface area (Å²) in [5, 5.41) is 0. The minimum Gasteiger partial charge on any atom is -0.248 e. The Morgan fingerprint density at radius 3 is 1.52 bits per heavy atom. The van der Waals surface area contributed by atoms with E-state index in [1.54, 1.807) is 0 Å². The van der Waals surface area contributed by atoms with Crippen LogP contribution in [0.4, 0.5) is 0 Å². The molecular formula is C24H19N. The molecule has 0 saturated heterocycles. The van der Waals surface area contributed by atoms with Crippen molar-refractivity contribution in [1.82, 2.24) is 4.98 Å². The summed E-state index contributed by atoms with van der Waals surface area (Å²) >= 11 is 0. The first-order chi connectivity index (χ1) is 12.3. The van der Waals surface area contributed by atoms with Crippen molar-refractivity contribution in [3.05, 3.63) is 103 Å². The number of pyridine rings is 1. The van der Waals surface area contributed by atoms with Gasteiger partial charge in [-0.1, -0.05) is 90.5 Å². The Hall–Kier alpha value is -3.19. The molecule has 1 aromatic heterocycles. The Morgan fingerprint density at radius 1 is 0.480 bits per heavy atom. The smallest absolute Gasteiger partial charge is 0.0715 e. The van der Waals surface area contributed by atoms with E-state index in [4.69, 9.17) is 4.98 Å². The quantitative estimate of drug-likeness (QED) is 0.426. The van der Waals surface area contributed by atoms with E-state index in [-0.39, 0.29) is 0 Å². The molecule has 0 fully saturated rings. The molecule has 120 valence electrons. The molecule has 0 aliphatic rings. The van der Waals surface area contributed by atoms with E-state index in [0.29, 0.717) is 0 Å². The molecule has 1 heteroatoms. The Balaban J connectivity index is 1.92. The molecule has 0 radical (unpaired) electrons. The first kappa shape index (κ1) is 15.3. The summed E-state index contributed by atoms with van der Waals surface area (Å²) in [6, 6.07) is 33.7. The molecule has 1 heterocycles. The predicted octanol–water partition coefficient (Wildman–Crippen LogP) is 6.39. The highest BCUT2D eigenvalue weighted by Gasteiger charge is 2.08. The van der Waals surface area contributed by atoms with Crippen molar-refractivity contribution in [1.29, 1.82) is 0 Å². The lowest BCUT2D eigenvalue weighted by Gasteiger charge is -2.10. The maximum Gasteiger partial charge on any atom is 0.0715 e. The fourth-order valence-electron chi connectivity index (χ4n) is 3.04. The molecular weight excluding hydrogens is 302 g/mol. The molecule has 0 aliphatic carbocycles. The van der Waals surface area contributed by atoms with Gasteiger partial charge in [-0.05, 0) is 30.2 Å². The summed E-state index contributed by atoms with van der Waals surface area (Å²) in [4.78, 5) is 4.92. The lowest BCUT2D eigenvalue weighted by atomic mass is 9.99. The van der Waals surface area contributed by atoms with Crippen molar-refractivity contribution in [3.8, 4) is 33.6 Å². The highest BCUT2D eigenvalue weighted by atomic mass is 14.7. The standard InChI is InChI=1S/C24H19N/c1-18-9-8-14-21(15-18)22-16-23(19-10-4-2-5-11-19)25-24(17-22)20-12-6-3-7-13-20/h2-17H,1H3. The highest BCUT2D eigenvalue weighted by molar-refractivity contribution is 5.76. The van der Waals surface area contributed by atoms with E-state index in [0.717, 1.165) is 22.5 Å². The second-order valence-electron chi connectivity index (χ2n) is 6.23. The third-order valence-corrected chi connectivity index (χ3v) is 4.32. The van der Waals surface area contributed by atoms with Crippen LogP contribution in [0.5, 0.6) is 0 Å². The van der Waals surface area contributed by atoms with Crippen molar-refractivity contribution in [3.63, 3.8) is 0 Å². The van der Waals surface area contributed by atoms with Crippen LogP contribution in [-0.4, -0.2) is 4.98 Å². The lowest BCUT2D eigenvalue weighted by Crippen LogP contribution is -1.91. The van der Waals surface area contributed by atoms with Gasteiger partial charge in [0.2, 0.25) is 0 Å². The Kier molecular flexibility index (Phi) is 4.14. The molecule has 0 aliphatic heterocycles. The van der Waals surface area contributed by atoms with E-state index in [9.17, 15) is 0 Å². The number of nitrogens with zero attached hydrogens (tertiary/aromatic N) is 1. The Labute approximate surface area is 148 Å². The van der Waals surface area contributed by atoms with Crippen molar-refractivity contribution in [2.45, 2.75) is 6.92 Å². The summed E-state index contributed by atoms with van der Waals surface area (Å²) in [5.74, 6) is 0. The van der Waals surface area contributed by atoms with Crippen LogP contribution in [0.2, 0.25) is 0 Å². The average molecular weight is 321 g/mol. The molecule has 0 spiro atoms. The predicted molar refractivity (Wildman–Crippen MR) is 105 cm³/mol. The highest BCUT2D eigenvalue weighted by Crippen LogP contribution is 2.30. The Bertz CT molecular complexity index is 931. The lowest BCUT2D eigenvalue weighted by molar-refractivity contribution is 1.32. The minimum absolute atomic E-state index is 0.999. The van der Waals surface area contributed by atoms with Gasteiger partial charge in [0.15, 0.2) is 0 Å². The molecule has 25 heavy (non-hydrogen) atoms. The first-order valence-corrected chi connectivity index (χ1v) is 8.49. The molecule has 0 atom stereocenters. The molecule has 0 unspecified atom stereocenters. The van der Waals surface area contributed by atoms with Gasteiger partial charge in [0.05, 0.1) is 11.4 Å². The number of rotatable bonds is 3. The monoisotopic (exact) mass is 321 g/mol. The summed E-state index contributed by atoms with van der Waals surface area (Å²) in [6.07, 6.45) is 0. The van der Waals surface area contributed by atoms with E-state index in [1.165, 1.54) is 16.7 Å². The van der Waals surface area contributed by atoms with Gasteiger partial charge >= 0.3 is 0 Å². The third kappa shape index (κ3) is 3.36. The van der Waals surface area contributed by atoms with Gasteiger partial charge in [0, 0.05) is 11.1 Å². The molecule has 0 saturated carbocycles. The van der Waals surface area contributed by atoms with Gasteiger partial charge in [0.25, 0.3) is 0 Å². The summed E-state index contributed by atoms with van der Waals surface area (Å²) < 4.78 is 0. The Morgan fingerprint density at radius 2 is 1.00 bits per heavy atom. The second kappa shape index (κ2) is 6.74. The van der Waals surface area contributed by atoms with Crippen LogP contribution in [0.25, 0.3) is 33.6 Å². The maximum atomic E-state index is 4.92. The van der Waals surface area contributed by atoms with Gasteiger partial charge < -0.3 is 0 Å². The molecule has 4 rings (SSSR count). The van der Waals surface area contributed by atoms with Crippen LogP contribution in [0.15, 0.2) is 97.1 Å². The number of hydrogen-bond acceptors (Lipinski definition) is 1. The van der Waals surface area contributed by atoms with Crippen molar-refractivity contribution >= 4 is 0 Å². The van der Waals surface area contributed by atoms with Gasteiger partial charge in [-0.2, -0.15) is 0 Å². The van der Waals surface area contributed by atoms with Crippen LogP contribution >= 0.6 is 0 Å². The first-order valence-electron chi connectivity index (χ1n) is 8.49. The number of hydrogen-bond donors (Lipinski definition) is 0. The SMILES string of the molecule is Cc1cccc(-c2cc(-c3ccccc3)nc(-c3ccccc3)c2)c1. The maximum absolute atomic E-state index is 4.92. The molecule has 0 amide bonds. The van der Waals surface area contributed by atoms with Crippen LogP contribution < -0.4 is 0 Å². The minimum atomic E-state index is 0.999. The zero-order valence-electron chi connectivity index (χ0n) is 14.2. The number of aromatic nitrogens is 1. The fraction of sp³-hybridized carbons (Fsp3) is 0.0417. The second-order valence-corrected chi connectivity index (χ2v) is 6.23. The molecule has 1 nitrogen and oxygen atoms in total. The van der Waals surface area contributed by atoms with Crippen LogP contribution in [0.3, 0.4) is 0 Å². The normalized spacial score (nSPS) is 10.6. The number of benzene rings is 3. The topological polar surface area (TPSA) is 12.9 Å². The van der Waals surface area contributed by atoms with Gasteiger partial charge in [0.1, 0.15) is 0 Å². The molecule has 3 aromatic carbocycles. The third-order valence-electron chi connectivity index (χ3n) is 4.32. The van der Waals surface area contributed by atoms with E-state index < -0.39 is 0 Å². The average Bonchev–Trinajstić information content (AvgIpc) is 2.69. The van der Waals surface area contributed by atoms with E-state index in [1.807, 2.05) is 12.1 Å². The van der Waals surface area contributed by atoms with Crippen molar-refractivity contribution in [2.24, 2.45) is 0 Å². The summed E-state index contributed by atoms with van der Waals surface area (Å²) in [5.41, 5.74) is 7.94. The zero-order chi connectivity index (χ0) is 17.1. The summed E-state index contributed by atoms with van der Waals surface area (Å²) in [7, 11) is 0. The summed E-state index contributed by atoms with van der Waals surface area (Å²) in [6.45, 7) is 2.13. The van der Waals surface area contributed by atoms with Gasteiger partial charge in [-0.25, -0.2) is 4.98 Å². The van der Waals surface area contributed by atoms with Gasteiger partial charge in [-0.3, -0.25) is 0 Å². The van der Waals surface area contributed by atoms with Crippen molar-refractivity contribution in [2.75, 3.05) is 0 Å². The van der Waals surface area contributed by atoms with Gasteiger partial charge in [-0.15, -0.1) is 0 Å². The molecule has 4 aromatic rings. The van der Waals surface area contributed by atoms with E-state index in [2.05, 4.69) is 91.9 Å². The number of aryl methyl sites for hydroxylation is 1.